The van der Waals surface area contributed by atoms with E-state index in [1.165, 1.54) is 12.0 Å². The van der Waals surface area contributed by atoms with Gasteiger partial charge in [0.1, 0.15) is 12.6 Å². The van der Waals surface area contributed by atoms with Crippen LogP contribution in [0.15, 0.2) is 30.3 Å². The highest BCUT2D eigenvalue weighted by Gasteiger charge is 2.56. The Morgan fingerprint density at radius 3 is 2.56 bits per heavy atom. The van der Waals surface area contributed by atoms with Gasteiger partial charge in [0.05, 0.1) is 19.5 Å². The van der Waals surface area contributed by atoms with Crippen LogP contribution in [0.3, 0.4) is 0 Å². The number of hydrogen-bond donors (Lipinski definition) is 0. The van der Waals surface area contributed by atoms with Crippen LogP contribution in [-0.4, -0.2) is 29.4 Å². The number of likely N-dealkylation sites (N-methyl/N-ethyl adjacent to an activating group) is 1. The van der Waals surface area contributed by atoms with Gasteiger partial charge in [-0.15, -0.1) is 0 Å². The predicted octanol–water partition coefficient (Wildman–Crippen LogP) is 2.14. The molecule has 2 nitrogen and oxygen atoms in total. The van der Waals surface area contributed by atoms with Crippen molar-refractivity contribution >= 4 is 5.78 Å². The van der Waals surface area contributed by atoms with Gasteiger partial charge in [0.25, 0.3) is 0 Å². The fourth-order valence-corrected chi connectivity index (χ4v) is 3.58. The highest BCUT2D eigenvalue weighted by Crippen LogP contribution is 2.42. The first-order valence-corrected chi connectivity index (χ1v) is 6.12. The van der Waals surface area contributed by atoms with Gasteiger partial charge in [0, 0.05) is 18.4 Å². The van der Waals surface area contributed by atoms with E-state index in [0.717, 1.165) is 23.9 Å². The molecular weight excluding hydrogens is 198 g/mol. The molecule has 3 unspecified atom stereocenters. The van der Waals surface area contributed by atoms with Crippen LogP contribution in [0.25, 0.3) is 0 Å². The van der Waals surface area contributed by atoms with E-state index < -0.39 is 0 Å². The Bertz CT molecular complexity index is 414. The van der Waals surface area contributed by atoms with Crippen LogP contribution in [-0.2, 0) is 11.3 Å². The molecule has 0 N–H and O–H groups in total. The summed E-state index contributed by atoms with van der Waals surface area (Å²) in [7, 11) is 2.26. The van der Waals surface area contributed by atoms with E-state index >= 15 is 0 Å². The summed E-state index contributed by atoms with van der Waals surface area (Å²) in [5.74, 6) is 0.495. The minimum atomic E-state index is 0.283. The maximum absolute atomic E-state index is 11.8. The Morgan fingerprint density at radius 2 is 2.00 bits per heavy atom. The number of ketones is 1. The largest absolute Gasteiger partial charge is 0.311 e. The molecule has 2 aliphatic heterocycles. The number of hydrogen-bond acceptors (Lipinski definition) is 1. The summed E-state index contributed by atoms with van der Waals surface area (Å²) in [5, 5.41) is 0. The van der Waals surface area contributed by atoms with E-state index in [0.29, 0.717) is 11.8 Å². The van der Waals surface area contributed by atoms with Crippen molar-refractivity contribution in [3.8, 4) is 0 Å². The molecule has 1 aromatic rings. The zero-order valence-electron chi connectivity index (χ0n) is 9.73. The molecule has 2 aliphatic rings. The minimum Gasteiger partial charge on any atom is -0.311 e. The van der Waals surface area contributed by atoms with Crippen molar-refractivity contribution in [2.24, 2.45) is 0 Å². The highest BCUT2D eigenvalue weighted by molar-refractivity contribution is 5.86. The van der Waals surface area contributed by atoms with Crippen LogP contribution in [0.2, 0.25) is 0 Å². The number of rotatable bonds is 2. The number of fused-ring (bicyclic) bond motifs is 2. The summed E-state index contributed by atoms with van der Waals surface area (Å²) >= 11 is 0. The second kappa shape index (κ2) is 3.42. The van der Waals surface area contributed by atoms with E-state index in [9.17, 15) is 4.79 Å². The molecule has 2 heterocycles. The monoisotopic (exact) mass is 216 g/mol. The molecule has 0 saturated carbocycles. The van der Waals surface area contributed by atoms with E-state index in [4.69, 9.17) is 0 Å². The maximum atomic E-state index is 11.8. The third-order valence-electron chi connectivity index (χ3n) is 4.49. The Kier molecular flexibility index (Phi) is 2.15. The summed E-state index contributed by atoms with van der Waals surface area (Å²) < 4.78 is 0.961. The number of carbonyl (C=O) groups excluding carboxylic acids is 1. The maximum Gasteiger partial charge on any atom is 0.195 e. The van der Waals surface area contributed by atoms with Gasteiger partial charge in [0.15, 0.2) is 5.78 Å². The van der Waals surface area contributed by atoms with E-state index in [2.05, 4.69) is 31.3 Å². The Morgan fingerprint density at radius 1 is 1.25 bits per heavy atom. The smallest absolute Gasteiger partial charge is 0.195 e. The molecule has 0 aromatic heterocycles. The van der Waals surface area contributed by atoms with Crippen molar-refractivity contribution in [1.82, 2.24) is 0 Å². The zero-order valence-corrected chi connectivity index (χ0v) is 9.73. The lowest BCUT2D eigenvalue weighted by Gasteiger charge is -2.34. The summed E-state index contributed by atoms with van der Waals surface area (Å²) in [6.45, 7) is 1.02. The number of Topliss-reactive ketones (excluding diaryl/α,β-unsaturated/α-hetero) is 1. The van der Waals surface area contributed by atoms with Crippen LogP contribution in [0.4, 0.5) is 0 Å². The van der Waals surface area contributed by atoms with E-state index in [1.807, 2.05) is 6.07 Å². The van der Waals surface area contributed by atoms with Gasteiger partial charge in [-0.3, -0.25) is 4.79 Å². The first-order valence-electron chi connectivity index (χ1n) is 6.12. The molecule has 2 bridgehead atoms. The van der Waals surface area contributed by atoms with E-state index in [-0.39, 0.29) is 6.04 Å². The van der Waals surface area contributed by atoms with Crippen molar-refractivity contribution < 1.29 is 9.28 Å². The summed E-state index contributed by atoms with van der Waals surface area (Å²) in [6, 6.07) is 11.4. The van der Waals surface area contributed by atoms with Gasteiger partial charge in [-0.05, 0) is 0 Å². The molecule has 3 atom stereocenters. The average Bonchev–Trinajstić information content (AvgIpc) is 2.69. The molecule has 2 fully saturated rings. The van der Waals surface area contributed by atoms with Crippen molar-refractivity contribution in [1.29, 1.82) is 0 Å². The van der Waals surface area contributed by atoms with E-state index in [1.54, 1.807) is 0 Å². The molecule has 0 radical (unpaired) electrons. The zero-order chi connectivity index (χ0) is 11.2. The van der Waals surface area contributed by atoms with Crippen LogP contribution in [0.1, 0.15) is 24.8 Å². The number of carbonyl (C=O) groups is 1. The van der Waals surface area contributed by atoms with Crippen molar-refractivity contribution in [3.05, 3.63) is 35.9 Å². The molecular formula is C14H18NO+. The SMILES string of the molecule is C[N+]1(Cc2ccccc2)C2CCC1C(=O)C2. The molecule has 1 aromatic carbocycles. The van der Waals surface area contributed by atoms with Crippen LogP contribution >= 0.6 is 0 Å². The second-order valence-electron chi connectivity index (χ2n) is 5.41. The lowest BCUT2D eigenvalue weighted by molar-refractivity contribution is -0.939. The summed E-state index contributed by atoms with van der Waals surface area (Å²) in [6.07, 6.45) is 3.15. The first-order chi connectivity index (χ1) is 7.70. The molecule has 0 aliphatic carbocycles. The lowest BCUT2D eigenvalue weighted by atomic mass is 10.00. The fraction of sp³-hybridized carbons (Fsp3) is 0.500. The third kappa shape index (κ3) is 1.33. The van der Waals surface area contributed by atoms with Gasteiger partial charge in [-0.2, -0.15) is 0 Å². The quantitative estimate of drug-likeness (QED) is 0.692. The van der Waals surface area contributed by atoms with Crippen molar-refractivity contribution in [3.63, 3.8) is 0 Å². The van der Waals surface area contributed by atoms with Gasteiger partial charge < -0.3 is 4.48 Å². The van der Waals surface area contributed by atoms with Gasteiger partial charge >= 0.3 is 0 Å². The highest BCUT2D eigenvalue weighted by atomic mass is 16.1. The molecule has 0 spiro atoms. The molecule has 2 heteroatoms. The van der Waals surface area contributed by atoms with Crippen LogP contribution in [0, 0.1) is 0 Å². The van der Waals surface area contributed by atoms with Crippen molar-refractivity contribution in [2.45, 2.75) is 37.9 Å². The Balaban J connectivity index is 1.88. The lowest BCUT2D eigenvalue weighted by Crippen LogP contribution is -2.48. The number of benzene rings is 1. The molecule has 16 heavy (non-hydrogen) atoms. The molecule has 2 saturated heterocycles. The van der Waals surface area contributed by atoms with Crippen LogP contribution in [0.5, 0.6) is 0 Å². The molecule has 0 amide bonds. The van der Waals surface area contributed by atoms with Crippen molar-refractivity contribution in [2.75, 3.05) is 7.05 Å². The summed E-state index contributed by atoms with van der Waals surface area (Å²) in [4.78, 5) is 11.8. The van der Waals surface area contributed by atoms with Crippen LogP contribution < -0.4 is 0 Å². The minimum absolute atomic E-state index is 0.283. The average molecular weight is 216 g/mol. The predicted molar refractivity (Wildman–Crippen MR) is 62.8 cm³/mol. The number of nitrogens with zero attached hydrogens (tertiary/aromatic N) is 1. The molecule has 3 rings (SSSR count). The Hall–Kier alpha value is -1.15. The van der Waals surface area contributed by atoms with Gasteiger partial charge in [-0.25, -0.2) is 0 Å². The normalized spacial score (nSPS) is 36.9. The fourth-order valence-electron chi connectivity index (χ4n) is 3.58. The Labute approximate surface area is 96.5 Å². The third-order valence-corrected chi connectivity index (χ3v) is 4.49. The summed E-state index contributed by atoms with van der Waals surface area (Å²) in [5.41, 5.74) is 1.36. The first kappa shape index (κ1) is 10.0. The standard InChI is InChI=1S/C14H18NO/c1-15(10-11-5-3-2-4-6-11)12-7-8-13(15)14(16)9-12/h2-6,12-13H,7-10H2,1H3/q+1. The van der Waals surface area contributed by atoms with Gasteiger partial charge in [0.2, 0.25) is 0 Å². The van der Waals surface area contributed by atoms with Gasteiger partial charge in [-0.1, -0.05) is 30.3 Å². The second-order valence-corrected chi connectivity index (χ2v) is 5.41. The number of quaternary nitrogens is 1. The molecule has 84 valence electrons. The topological polar surface area (TPSA) is 17.1 Å².